The van der Waals surface area contributed by atoms with Gasteiger partial charge in [0.25, 0.3) is 0 Å². The lowest BCUT2D eigenvalue weighted by atomic mass is 10.1. The molecule has 0 rings (SSSR count). The van der Waals surface area contributed by atoms with Crippen LogP contribution in [0.25, 0.3) is 0 Å². The summed E-state index contributed by atoms with van der Waals surface area (Å²) in [5, 5.41) is 3.33. The third-order valence-electron chi connectivity index (χ3n) is 1.37. The molecular formula is C7H14NO2. The first-order valence-electron chi connectivity index (χ1n) is 3.47. The summed E-state index contributed by atoms with van der Waals surface area (Å²) in [6.07, 6.45) is 0.553. The molecule has 0 fully saturated rings. The Bertz CT molecular complexity index is 104. The van der Waals surface area contributed by atoms with E-state index in [0.717, 1.165) is 6.42 Å². The molecule has 0 saturated carbocycles. The van der Waals surface area contributed by atoms with Crippen LogP contribution in [0, 0.1) is 5.92 Å². The van der Waals surface area contributed by atoms with Crippen molar-refractivity contribution in [2.45, 2.75) is 20.3 Å². The Kier molecular flexibility index (Phi) is 4.72. The zero-order valence-electron chi connectivity index (χ0n) is 6.76. The monoisotopic (exact) mass is 144 g/mol. The van der Waals surface area contributed by atoms with Crippen LogP contribution in [0.3, 0.4) is 0 Å². The van der Waals surface area contributed by atoms with E-state index in [1.54, 1.807) is 0 Å². The second-order valence-corrected chi connectivity index (χ2v) is 2.31. The van der Waals surface area contributed by atoms with Crippen LogP contribution in [0.5, 0.6) is 0 Å². The van der Waals surface area contributed by atoms with Gasteiger partial charge in [-0.1, -0.05) is 20.3 Å². The fourth-order valence-electron chi connectivity index (χ4n) is 0.396. The zero-order valence-corrected chi connectivity index (χ0v) is 6.76. The number of rotatable bonds is 3. The molecule has 3 heteroatoms. The fraction of sp³-hybridized carbons (Fsp3) is 0.857. The zero-order chi connectivity index (χ0) is 7.98. The highest BCUT2D eigenvalue weighted by Crippen LogP contribution is 2.00. The Balaban J connectivity index is 3.26. The predicted octanol–water partition coefficient (Wildman–Crippen LogP) is 1.40. The molecule has 0 aliphatic heterocycles. The van der Waals surface area contributed by atoms with Gasteiger partial charge in [0, 0.05) is 7.05 Å². The van der Waals surface area contributed by atoms with Gasteiger partial charge in [-0.05, 0) is 5.92 Å². The number of ether oxygens (including phenoxy) is 1. The minimum atomic E-state index is -0.472. The molecule has 1 amide bonds. The molecule has 0 saturated heterocycles. The second kappa shape index (κ2) is 5.09. The molecule has 0 aliphatic carbocycles. The summed E-state index contributed by atoms with van der Waals surface area (Å²) in [4.78, 5) is 10.4. The van der Waals surface area contributed by atoms with Crippen molar-refractivity contribution in [3.8, 4) is 0 Å². The van der Waals surface area contributed by atoms with E-state index < -0.39 is 6.09 Å². The van der Waals surface area contributed by atoms with Gasteiger partial charge in [-0.15, -0.1) is 0 Å². The smallest absolute Gasteiger partial charge is 0.428 e. The number of carbonyl (C=O) groups is 1. The molecule has 0 aromatic carbocycles. The van der Waals surface area contributed by atoms with E-state index in [9.17, 15) is 4.79 Å². The Morgan fingerprint density at radius 3 is 2.70 bits per heavy atom. The average molecular weight is 144 g/mol. The van der Waals surface area contributed by atoms with Gasteiger partial charge in [0.15, 0.2) is 0 Å². The summed E-state index contributed by atoms with van der Waals surface area (Å²) in [5.74, 6) is 0.436. The van der Waals surface area contributed by atoms with Crippen LogP contribution in [0.15, 0.2) is 0 Å². The molecule has 59 valence electrons. The van der Waals surface area contributed by atoms with Crippen LogP contribution in [0.1, 0.15) is 20.3 Å². The standard InChI is InChI=1S/C7H14NO2/c1-4-6(2)5-10-7(9)8-3/h6H,4-5H2,1-3H3. The lowest BCUT2D eigenvalue weighted by molar-refractivity contribution is 0.130. The summed E-state index contributed by atoms with van der Waals surface area (Å²) in [5.41, 5.74) is 0. The molecule has 3 nitrogen and oxygen atoms in total. The maximum atomic E-state index is 10.4. The summed E-state index contributed by atoms with van der Waals surface area (Å²) in [6.45, 7) is 4.57. The van der Waals surface area contributed by atoms with Crippen LogP contribution in [0.2, 0.25) is 0 Å². The van der Waals surface area contributed by atoms with Gasteiger partial charge in [0.2, 0.25) is 0 Å². The van der Waals surface area contributed by atoms with Crippen LogP contribution in [-0.2, 0) is 4.74 Å². The van der Waals surface area contributed by atoms with Crippen molar-refractivity contribution < 1.29 is 9.53 Å². The molecule has 0 aliphatic rings. The van der Waals surface area contributed by atoms with Crippen molar-refractivity contribution >= 4 is 6.09 Å². The van der Waals surface area contributed by atoms with Crippen LogP contribution in [0.4, 0.5) is 4.79 Å². The molecule has 1 atom stereocenters. The molecule has 1 radical (unpaired) electrons. The maximum absolute atomic E-state index is 10.4. The lowest BCUT2D eigenvalue weighted by Gasteiger charge is -2.07. The van der Waals surface area contributed by atoms with Crippen molar-refractivity contribution in [1.29, 1.82) is 0 Å². The largest absolute Gasteiger partial charge is 0.448 e. The van der Waals surface area contributed by atoms with Crippen molar-refractivity contribution in [3.63, 3.8) is 0 Å². The Morgan fingerprint density at radius 1 is 1.70 bits per heavy atom. The third-order valence-corrected chi connectivity index (χ3v) is 1.37. The van der Waals surface area contributed by atoms with E-state index in [0.29, 0.717) is 12.5 Å². The highest BCUT2D eigenvalue weighted by atomic mass is 16.5. The summed E-state index contributed by atoms with van der Waals surface area (Å²) in [7, 11) is 1.43. The van der Waals surface area contributed by atoms with Gasteiger partial charge in [0.1, 0.15) is 0 Å². The molecule has 0 aromatic heterocycles. The molecule has 1 unspecified atom stereocenters. The highest BCUT2D eigenvalue weighted by Gasteiger charge is 2.02. The number of hydrogen-bond donors (Lipinski definition) is 0. The fourth-order valence-corrected chi connectivity index (χ4v) is 0.396. The van der Waals surface area contributed by atoms with Gasteiger partial charge in [-0.25, -0.2) is 10.1 Å². The molecular weight excluding hydrogens is 130 g/mol. The van der Waals surface area contributed by atoms with Crippen LogP contribution < -0.4 is 5.32 Å². The molecule has 0 N–H and O–H groups in total. The number of hydrogen-bond acceptors (Lipinski definition) is 2. The Labute approximate surface area is 61.8 Å². The van der Waals surface area contributed by atoms with E-state index in [1.165, 1.54) is 7.05 Å². The third kappa shape index (κ3) is 4.18. The second-order valence-electron chi connectivity index (χ2n) is 2.31. The Morgan fingerprint density at radius 2 is 2.30 bits per heavy atom. The molecule has 0 heterocycles. The molecule has 0 spiro atoms. The number of carbonyl (C=O) groups excluding carboxylic acids is 1. The first-order chi connectivity index (χ1) is 4.70. The first-order valence-corrected chi connectivity index (χ1v) is 3.47. The maximum Gasteiger partial charge on any atom is 0.428 e. The van der Waals surface area contributed by atoms with Crippen molar-refractivity contribution in [2.24, 2.45) is 5.92 Å². The van der Waals surface area contributed by atoms with Crippen molar-refractivity contribution in [1.82, 2.24) is 5.32 Å². The minimum Gasteiger partial charge on any atom is -0.448 e. The Hall–Kier alpha value is -0.730. The van der Waals surface area contributed by atoms with Gasteiger partial charge < -0.3 is 4.74 Å². The van der Waals surface area contributed by atoms with Crippen molar-refractivity contribution in [3.05, 3.63) is 0 Å². The molecule has 0 bridgehead atoms. The van der Waals surface area contributed by atoms with Gasteiger partial charge in [-0.3, -0.25) is 0 Å². The SMILES string of the molecule is CCC(C)COC(=O)[N]C. The van der Waals surface area contributed by atoms with Gasteiger partial charge in [-0.2, -0.15) is 0 Å². The van der Waals surface area contributed by atoms with Gasteiger partial charge >= 0.3 is 6.09 Å². The highest BCUT2D eigenvalue weighted by molar-refractivity contribution is 5.66. The quantitative estimate of drug-likeness (QED) is 0.600. The summed E-state index contributed by atoms with van der Waals surface area (Å²) < 4.78 is 4.74. The average Bonchev–Trinajstić information content (AvgIpc) is 1.99. The van der Waals surface area contributed by atoms with Crippen LogP contribution >= 0.6 is 0 Å². The van der Waals surface area contributed by atoms with E-state index >= 15 is 0 Å². The first kappa shape index (κ1) is 9.27. The minimum absolute atomic E-state index is 0.436. The van der Waals surface area contributed by atoms with Gasteiger partial charge in [0.05, 0.1) is 6.61 Å². The molecule has 10 heavy (non-hydrogen) atoms. The van der Waals surface area contributed by atoms with Crippen molar-refractivity contribution in [2.75, 3.05) is 13.7 Å². The van der Waals surface area contributed by atoms with E-state index in [4.69, 9.17) is 4.74 Å². The number of amides is 1. The van der Waals surface area contributed by atoms with E-state index in [2.05, 4.69) is 12.2 Å². The summed E-state index contributed by atoms with van der Waals surface area (Å²) >= 11 is 0. The predicted molar refractivity (Wildman–Crippen MR) is 38.9 cm³/mol. The summed E-state index contributed by atoms with van der Waals surface area (Å²) in [6, 6.07) is 0. The molecule has 0 aromatic rings. The van der Waals surface area contributed by atoms with E-state index in [1.807, 2.05) is 6.92 Å². The van der Waals surface area contributed by atoms with Crippen LogP contribution in [-0.4, -0.2) is 19.7 Å². The number of nitrogens with zero attached hydrogens (tertiary/aromatic N) is 1. The lowest BCUT2D eigenvalue weighted by Crippen LogP contribution is -2.16. The normalized spacial score (nSPS) is 12.3. The topological polar surface area (TPSA) is 40.4 Å². The van der Waals surface area contributed by atoms with E-state index in [-0.39, 0.29) is 0 Å².